The average molecular weight is 260 g/mol. The summed E-state index contributed by atoms with van der Waals surface area (Å²) in [5, 5.41) is 2.81. The normalized spacial score (nSPS) is 28.8. The quantitative estimate of drug-likeness (QED) is 0.896. The molecule has 2 fully saturated rings. The fourth-order valence-corrected chi connectivity index (χ4v) is 3.28. The Morgan fingerprint density at radius 2 is 2.00 bits per heavy atom. The van der Waals surface area contributed by atoms with Gasteiger partial charge in [0.2, 0.25) is 0 Å². The van der Waals surface area contributed by atoms with Crippen molar-refractivity contribution in [2.45, 2.75) is 6.54 Å². The lowest BCUT2D eigenvalue weighted by Crippen LogP contribution is -2.30. The Bertz CT molecular complexity index is 437. The molecule has 1 aliphatic carbocycles. The fraction of sp³-hybridized carbons (Fsp3) is 0.533. The number of rotatable bonds is 4. The van der Waals surface area contributed by atoms with Crippen molar-refractivity contribution in [3.05, 3.63) is 35.9 Å². The molecule has 0 spiro atoms. The highest BCUT2D eigenvalue weighted by atomic mass is 16.5. The molecule has 3 rings (SSSR count). The van der Waals surface area contributed by atoms with E-state index in [1.807, 2.05) is 0 Å². The van der Waals surface area contributed by atoms with Gasteiger partial charge in [0.25, 0.3) is 0 Å². The number of nitrogens with zero attached hydrogens (tertiary/aromatic N) is 1. The standard InChI is InChI=1S/C15H20N2O2/c1-19-15(18)16-7-12-13-9-17(10-14(12)13)8-11-5-3-2-4-6-11/h2-6,12-14H,7-10H2,1H3,(H,16,18). The Balaban J connectivity index is 1.42. The lowest BCUT2D eigenvalue weighted by atomic mass is 10.2. The molecule has 1 aromatic carbocycles. The molecule has 1 heterocycles. The van der Waals surface area contributed by atoms with E-state index in [4.69, 9.17) is 0 Å². The summed E-state index contributed by atoms with van der Waals surface area (Å²) >= 11 is 0. The Labute approximate surface area is 113 Å². The summed E-state index contributed by atoms with van der Waals surface area (Å²) in [6, 6.07) is 10.6. The first-order chi connectivity index (χ1) is 9.28. The number of carbonyl (C=O) groups excluding carboxylic acids is 1. The molecule has 1 aliphatic heterocycles. The van der Waals surface area contributed by atoms with Crippen molar-refractivity contribution in [2.75, 3.05) is 26.7 Å². The lowest BCUT2D eigenvalue weighted by molar-refractivity contribution is 0.169. The van der Waals surface area contributed by atoms with Gasteiger partial charge in [0.05, 0.1) is 7.11 Å². The van der Waals surface area contributed by atoms with Crippen molar-refractivity contribution >= 4 is 6.09 Å². The SMILES string of the molecule is COC(=O)NCC1C2CN(Cc3ccccc3)CC12. The van der Waals surface area contributed by atoms with Crippen molar-refractivity contribution in [1.82, 2.24) is 10.2 Å². The van der Waals surface area contributed by atoms with Crippen LogP contribution in [0.5, 0.6) is 0 Å². The van der Waals surface area contributed by atoms with E-state index in [1.165, 1.54) is 12.7 Å². The molecule has 1 N–H and O–H groups in total. The van der Waals surface area contributed by atoms with Crippen LogP contribution >= 0.6 is 0 Å². The van der Waals surface area contributed by atoms with E-state index in [0.717, 1.165) is 38.0 Å². The maximum absolute atomic E-state index is 11.0. The van der Waals surface area contributed by atoms with Crippen LogP contribution in [0.1, 0.15) is 5.56 Å². The van der Waals surface area contributed by atoms with Crippen LogP contribution in [0, 0.1) is 17.8 Å². The summed E-state index contributed by atoms with van der Waals surface area (Å²) in [4.78, 5) is 13.5. The van der Waals surface area contributed by atoms with Crippen LogP contribution < -0.4 is 5.32 Å². The number of amides is 1. The third-order valence-corrected chi connectivity index (χ3v) is 4.36. The largest absolute Gasteiger partial charge is 0.453 e. The highest BCUT2D eigenvalue weighted by molar-refractivity contribution is 5.66. The van der Waals surface area contributed by atoms with Gasteiger partial charge in [-0.3, -0.25) is 4.90 Å². The number of ether oxygens (including phenoxy) is 1. The van der Waals surface area contributed by atoms with Crippen molar-refractivity contribution in [3.63, 3.8) is 0 Å². The van der Waals surface area contributed by atoms with Gasteiger partial charge in [-0.15, -0.1) is 0 Å². The molecule has 1 amide bonds. The van der Waals surface area contributed by atoms with Crippen LogP contribution in [-0.2, 0) is 11.3 Å². The van der Waals surface area contributed by atoms with E-state index in [0.29, 0.717) is 5.92 Å². The second-order valence-corrected chi connectivity index (χ2v) is 5.54. The van der Waals surface area contributed by atoms with Crippen LogP contribution in [0.4, 0.5) is 4.79 Å². The zero-order chi connectivity index (χ0) is 13.2. The smallest absolute Gasteiger partial charge is 0.406 e. The highest BCUT2D eigenvalue weighted by Gasteiger charge is 2.55. The molecule has 1 aromatic rings. The van der Waals surface area contributed by atoms with Crippen LogP contribution in [-0.4, -0.2) is 37.7 Å². The van der Waals surface area contributed by atoms with Gasteiger partial charge < -0.3 is 10.1 Å². The van der Waals surface area contributed by atoms with Gasteiger partial charge in [-0.05, 0) is 23.3 Å². The molecule has 1 saturated carbocycles. The summed E-state index contributed by atoms with van der Waals surface area (Å²) in [6.07, 6.45) is -0.314. The number of fused-ring (bicyclic) bond motifs is 1. The van der Waals surface area contributed by atoms with Gasteiger partial charge >= 0.3 is 6.09 Å². The Morgan fingerprint density at radius 1 is 1.32 bits per heavy atom. The average Bonchev–Trinajstić information content (AvgIpc) is 2.90. The highest BCUT2D eigenvalue weighted by Crippen LogP contribution is 2.51. The van der Waals surface area contributed by atoms with Crippen LogP contribution in [0.2, 0.25) is 0 Å². The molecule has 2 aliphatic rings. The molecule has 0 aromatic heterocycles. The lowest BCUT2D eigenvalue weighted by Gasteiger charge is -2.19. The first kappa shape index (κ1) is 12.5. The predicted octanol–water partition coefficient (Wildman–Crippen LogP) is 1.72. The molecule has 102 valence electrons. The van der Waals surface area contributed by atoms with Gasteiger partial charge in [0, 0.05) is 26.2 Å². The monoisotopic (exact) mass is 260 g/mol. The minimum Gasteiger partial charge on any atom is -0.453 e. The second-order valence-electron chi connectivity index (χ2n) is 5.54. The molecule has 2 unspecified atom stereocenters. The third-order valence-electron chi connectivity index (χ3n) is 4.36. The summed E-state index contributed by atoms with van der Waals surface area (Å²) in [7, 11) is 1.41. The molecule has 4 heteroatoms. The zero-order valence-electron chi connectivity index (χ0n) is 11.2. The predicted molar refractivity (Wildman–Crippen MR) is 72.6 cm³/mol. The van der Waals surface area contributed by atoms with Gasteiger partial charge in [0.1, 0.15) is 0 Å². The Morgan fingerprint density at radius 3 is 2.63 bits per heavy atom. The number of alkyl carbamates (subject to hydrolysis) is 1. The number of methoxy groups -OCH3 is 1. The van der Waals surface area contributed by atoms with Gasteiger partial charge in [-0.25, -0.2) is 4.79 Å². The summed E-state index contributed by atoms with van der Waals surface area (Å²) < 4.78 is 4.59. The molecule has 4 nitrogen and oxygen atoms in total. The van der Waals surface area contributed by atoms with Crippen molar-refractivity contribution in [3.8, 4) is 0 Å². The summed E-state index contributed by atoms with van der Waals surface area (Å²) in [6.45, 7) is 4.13. The number of likely N-dealkylation sites (tertiary alicyclic amines) is 1. The summed E-state index contributed by atoms with van der Waals surface area (Å²) in [5.41, 5.74) is 1.38. The minimum atomic E-state index is -0.314. The van der Waals surface area contributed by atoms with E-state index in [2.05, 4.69) is 45.3 Å². The van der Waals surface area contributed by atoms with Gasteiger partial charge in [-0.1, -0.05) is 30.3 Å². The summed E-state index contributed by atoms with van der Waals surface area (Å²) in [5.74, 6) is 2.19. The molecule has 19 heavy (non-hydrogen) atoms. The number of benzene rings is 1. The molecule has 1 saturated heterocycles. The Kier molecular flexibility index (Phi) is 3.42. The van der Waals surface area contributed by atoms with Crippen molar-refractivity contribution in [1.29, 1.82) is 0 Å². The van der Waals surface area contributed by atoms with Crippen LogP contribution in [0.25, 0.3) is 0 Å². The van der Waals surface area contributed by atoms with Crippen LogP contribution in [0.3, 0.4) is 0 Å². The molecule has 2 atom stereocenters. The molecule has 0 bridgehead atoms. The van der Waals surface area contributed by atoms with E-state index in [1.54, 1.807) is 0 Å². The van der Waals surface area contributed by atoms with Crippen LogP contribution in [0.15, 0.2) is 30.3 Å². The first-order valence-corrected chi connectivity index (χ1v) is 6.86. The topological polar surface area (TPSA) is 41.6 Å². The minimum absolute atomic E-state index is 0.314. The Hall–Kier alpha value is -1.55. The maximum Gasteiger partial charge on any atom is 0.406 e. The van der Waals surface area contributed by atoms with E-state index < -0.39 is 0 Å². The molecular formula is C15H20N2O2. The van der Waals surface area contributed by atoms with Gasteiger partial charge in [-0.2, -0.15) is 0 Å². The number of hydrogen-bond donors (Lipinski definition) is 1. The molecule has 0 radical (unpaired) electrons. The zero-order valence-corrected chi connectivity index (χ0v) is 11.2. The maximum atomic E-state index is 11.0. The van der Waals surface area contributed by atoms with Gasteiger partial charge in [0.15, 0.2) is 0 Å². The molecular weight excluding hydrogens is 240 g/mol. The third kappa shape index (κ3) is 2.73. The van der Waals surface area contributed by atoms with E-state index in [-0.39, 0.29) is 6.09 Å². The van der Waals surface area contributed by atoms with Crippen molar-refractivity contribution in [2.24, 2.45) is 17.8 Å². The number of hydrogen-bond acceptors (Lipinski definition) is 3. The van der Waals surface area contributed by atoms with Crippen molar-refractivity contribution < 1.29 is 9.53 Å². The van der Waals surface area contributed by atoms with E-state index >= 15 is 0 Å². The first-order valence-electron chi connectivity index (χ1n) is 6.86. The van der Waals surface area contributed by atoms with E-state index in [9.17, 15) is 4.79 Å². The second kappa shape index (κ2) is 5.21. The fourth-order valence-electron chi connectivity index (χ4n) is 3.28. The number of nitrogens with one attached hydrogen (secondary N) is 1. The number of piperidine rings is 1. The number of carbonyl (C=O) groups is 1.